The number of amides is 1. The smallest absolute Gasteiger partial charge is 0.410 e. The summed E-state index contributed by atoms with van der Waals surface area (Å²) in [4.78, 5) is 14.7. The number of hydrogen-bond donors (Lipinski definition) is 2. The van der Waals surface area contributed by atoms with Gasteiger partial charge in [0.1, 0.15) is 5.75 Å². The number of halogens is 1. The molecule has 5 rings (SSSR count). The van der Waals surface area contributed by atoms with E-state index in [0.717, 1.165) is 37.1 Å². The Morgan fingerprint density at radius 3 is 2.31 bits per heavy atom. The van der Waals surface area contributed by atoms with E-state index in [-0.39, 0.29) is 0 Å². The fraction of sp³-hybridized carbons (Fsp3) is 0.345. The van der Waals surface area contributed by atoms with Crippen LogP contribution in [0.3, 0.4) is 0 Å². The van der Waals surface area contributed by atoms with Crippen molar-refractivity contribution in [2.24, 2.45) is 5.41 Å². The second-order valence-electron chi connectivity index (χ2n) is 9.84. The molecule has 1 amide bonds. The van der Waals surface area contributed by atoms with Crippen LogP contribution >= 0.6 is 11.6 Å². The average molecular weight is 490 g/mol. The predicted octanol–water partition coefficient (Wildman–Crippen LogP) is 5.17. The maximum Gasteiger partial charge on any atom is 0.412 e. The Morgan fingerprint density at radius 1 is 1.03 bits per heavy atom. The highest BCUT2D eigenvalue weighted by atomic mass is 35.5. The van der Waals surface area contributed by atoms with E-state index in [1.165, 1.54) is 24.1 Å². The van der Waals surface area contributed by atoms with Crippen LogP contribution in [-0.4, -0.2) is 50.3 Å². The van der Waals surface area contributed by atoms with Crippen LogP contribution in [0.5, 0.6) is 5.75 Å². The highest BCUT2D eigenvalue weighted by Gasteiger charge is 2.51. The number of ether oxygens (including phenoxy) is 1. The van der Waals surface area contributed by atoms with E-state index in [4.69, 9.17) is 16.3 Å². The number of hydrogen-bond acceptors (Lipinski definition) is 4. The van der Waals surface area contributed by atoms with E-state index in [1.807, 2.05) is 36.4 Å². The van der Waals surface area contributed by atoms with Gasteiger partial charge in [-0.3, -0.25) is 0 Å². The zero-order valence-electron chi connectivity index (χ0n) is 20.1. The van der Waals surface area contributed by atoms with Crippen molar-refractivity contribution in [2.75, 3.05) is 33.2 Å². The summed E-state index contributed by atoms with van der Waals surface area (Å²) in [6.07, 6.45) is 2.71. The van der Waals surface area contributed by atoms with Crippen molar-refractivity contribution in [3.8, 4) is 16.9 Å². The molecule has 0 bridgehead atoms. The van der Waals surface area contributed by atoms with Gasteiger partial charge in [0.05, 0.1) is 0 Å². The van der Waals surface area contributed by atoms with Gasteiger partial charge in [0.15, 0.2) is 0 Å². The molecule has 2 atom stereocenters. The lowest BCUT2D eigenvalue weighted by atomic mass is 9.69. The largest absolute Gasteiger partial charge is 0.412 e. The van der Waals surface area contributed by atoms with Crippen molar-refractivity contribution in [3.63, 3.8) is 0 Å². The molecule has 2 aliphatic heterocycles. The third kappa shape index (κ3) is 5.53. The molecule has 35 heavy (non-hydrogen) atoms. The van der Waals surface area contributed by atoms with Crippen molar-refractivity contribution >= 4 is 17.7 Å². The van der Waals surface area contributed by atoms with Crippen LogP contribution < -0.4 is 15.4 Å². The van der Waals surface area contributed by atoms with Gasteiger partial charge in [0.25, 0.3) is 0 Å². The lowest BCUT2D eigenvalue weighted by Crippen LogP contribution is -2.64. The number of carbonyl (C=O) groups excluding carboxylic acids is 1. The molecule has 3 aromatic carbocycles. The zero-order valence-corrected chi connectivity index (χ0v) is 20.9. The molecule has 0 aliphatic carbocycles. The van der Waals surface area contributed by atoms with Crippen molar-refractivity contribution in [2.45, 2.75) is 25.3 Å². The SMILES string of the molecule is CN1CC2(CCNC2)C1Cc1ccc(CCNC(=O)Oc2ccc(-c3ccc(Cl)cc3)cc2)cc1. The molecule has 3 aromatic rings. The van der Waals surface area contributed by atoms with E-state index < -0.39 is 6.09 Å². The van der Waals surface area contributed by atoms with Crippen LogP contribution in [0.15, 0.2) is 72.8 Å². The topological polar surface area (TPSA) is 53.6 Å². The van der Waals surface area contributed by atoms with Crippen LogP contribution in [0.4, 0.5) is 4.79 Å². The molecule has 0 aromatic heterocycles. The molecule has 182 valence electrons. The van der Waals surface area contributed by atoms with Crippen molar-refractivity contribution in [1.82, 2.24) is 15.5 Å². The third-order valence-corrected chi connectivity index (χ3v) is 7.71. The normalized spacial score (nSPS) is 21.6. The molecule has 2 aliphatic rings. The van der Waals surface area contributed by atoms with E-state index in [1.54, 1.807) is 12.1 Å². The van der Waals surface area contributed by atoms with E-state index in [0.29, 0.717) is 28.8 Å². The summed E-state index contributed by atoms with van der Waals surface area (Å²) >= 11 is 5.95. The predicted molar refractivity (Wildman–Crippen MR) is 141 cm³/mol. The quantitative estimate of drug-likeness (QED) is 0.480. The number of likely N-dealkylation sites (tertiary alicyclic amines) is 1. The lowest BCUT2D eigenvalue weighted by molar-refractivity contribution is -0.0410. The minimum atomic E-state index is -0.440. The molecule has 2 N–H and O–H groups in total. The van der Waals surface area contributed by atoms with Crippen LogP contribution in [0.2, 0.25) is 5.02 Å². The number of nitrogens with one attached hydrogen (secondary N) is 2. The summed E-state index contributed by atoms with van der Waals surface area (Å²) in [5.74, 6) is 0.515. The average Bonchev–Trinajstić information content (AvgIpc) is 3.36. The fourth-order valence-corrected chi connectivity index (χ4v) is 5.62. The molecular formula is C29H32ClN3O2. The maximum absolute atomic E-state index is 12.2. The van der Waals surface area contributed by atoms with Crippen LogP contribution in [0.1, 0.15) is 17.5 Å². The fourth-order valence-electron chi connectivity index (χ4n) is 5.50. The summed E-state index contributed by atoms with van der Waals surface area (Å²) in [7, 11) is 2.24. The zero-order chi connectivity index (χ0) is 24.3. The second kappa shape index (κ2) is 10.4. The Bertz CT molecular complexity index is 1140. The summed E-state index contributed by atoms with van der Waals surface area (Å²) in [5.41, 5.74) is 5.16. The Balaban J connectivity index is 1.06. The first-order valence-electron chi connectivity index (χ1n) is 12.3. The molecule has 5 nitrogen and oxygen atoms in total. The summed E-state index contributed by atoms with van der Waals surface area (Å²) in [6.45, 7) is 4.03. The summed E-state index contributed by atoms with van der Waals surface area (Å²) in [6, 6.07) is 24.6. The molecule has 0 saturated carbocycles. The first-order chi connectivity index (χ1) is 17.0. The molecule has 0 radical (unpaired) electrons. The number of nitrogens with zero attached hydrogens (tertiary/aromatic N) is 1. The molecule has 2 saturated heterocycles. The van der Waals surface area contributed by atoms with Gasteiger partial charge in [-0.1, -0.05) is 60.1 Å². The summed E-state index contributed by atoms with van der Waals surface area (Å²) < 4.78 is 5.42. The lowest BCUT2D eigenvalue weighted by Gasteiger charge is -2.54. The van der Waals surface area contributed by atoms with Crippen LogP contribution in [0, 0.1) is 5.41 Å². The molecule has 1 spiro atoms. The van der Waals surface area contributed by atoms with Gasteiger partial charge in [0.2, 0.25) is 0 Å². The van der Waals surface area contributed by atoms with Gasteiger partial charge in [0, 0.05) is 36.1 Å². The Labute approximate surface area is 212 Å². The van der Waals surface area contributed by atoms with Gasteiger partial charge < -0.3 is 20.3 Å². The highest BCUT2D eigenvalue weighted by Crippen LogP contribution is 2.43. The first kappa shape index (κ1) is 23.9. The van der Waals surface area contributed by atoms with Gasteiger partial charge in [-0.05, 0) is 79.4 Å². The molecule has 6 heteroatoms. The molecule has 2 fully saturated rings. The van der Waals surface area contributed by atoms with Gasteiger partial charge in [-0.15, -0.1) is 0 Å². The van der Waals surface area contributed by atoms with Crippen molar-refractivity contribution in [1.29, 1.82) is 0 Å². The number of benzene rings is 3. The van der Waals surface area contributed by atoms with Crippen LogP contribution in [-0.2, 0) is 12.8 Å². The Morgan fingerprint density at radius 2 is 1.69 bits per heavy atom. The van der Waals surface area contributed by atoms with Crippen LogP contribution in [0.25, 0.3) is 11.1 Å². The van der Waals surface area contributed by atoms with Gasteiger partial charge >= 0.3 is 6.09 Å². The third-order valence-electron chi connectivity index (χ3n) is 7.46. The van der Waals surface area contributed by atoms with Gasteiger partial charge in [-0.2, -0.15) is 0 Å². The molecule has 2 unspecified atom stereocenters. The Hall–Kier alpha value is -2.86. The monoisotopic (exact) mass is 489 g/mol. The van der Waals surface area contributed by atoms with Crippen molar-refractivity contribution < 1.29 is 9.53 Å². The maximum atomic E-state index is 12.2. The van der Waals surface area contributed by atoms with E-state index in [2.05, 4.69) is 46.8 Å². The number of rotatable bonds is 7. The molecular weight excluding hydrogens is 458 g/mol. The number of carbonyl (C=O) groups is 1. The standard InChI is InChI=1S/C29H32ClN3O2/c1-33-20-29(15-17-31-19-29)27(33)18-22-4-2-21(3-5-22)14-16-32-28(34)35-26-12-8-24(9-13-26)23-6-10-25(30)11-7-23/h2-13,27,31H,14-20H2,1H3,(H,32,34). The summed E-state index contributed by atoms with van der Waals surface area (Å²) in [5, 5.41) is 7.10. The minimum Gasteiger partial charge on any atom is -0.410 e. The first-order valence-corrected chi connectivity index (χ1v) is 12.7. The minimum absolute atomic E-state index is 0.440. The van der Waals surface area contributed by atoms with E-state index in [9.17, 15) is 4.79 Å². The van der Waals surface area contributed by atoms with Gasteiger partial charge in [-0.25, -0.2) is 4.79 Å². The molecule has 2 heterocycles. The van der Waals surface area contributed by atoms with Crippen molar-refractivity contribution in [3.05, 3.63) is 88.9 Å². The second-order valence-corrected chi connectivity index (χ2v) is 10.3. The highest BCUT2D eigenvalue weighted by molar-refractivity contribution is 6.30. The number of likely N-dealkylation sites (N-methyl/N-ethyl adjacent to an activating group) is 1. The Kier molecular flexibility index (Phi) is 7.09. The van der Waals surface area contributed by atoms with E-state index >= 15 is 0 Å².